The molecule has 0 aromatic carbocycles. The number of fused-ring (bicyclic) bond motifs is 3. The van der Waals surface area contributed by atoms with Gasteiger partial charge in [-0.15, -0.1) is 0 Å². The van der Waals surface area contributed by atoms with Gasteiger partial charge in [0.1, 0.15) is 11.1 Å². The zero-order chi connectivity index (χ0) is 12.7. The number of halogens is 1. The van der Waals surface area contributed by atoms with E-state index in [1.165, 1.54) is 25.9 Å². The highest BCUT2D eigenvalue weighted by atomic mass is 35.5. The normalized spacial score (nSPS) is 31.0. The molecule has 3 aliphatic rings. The van der Waals surface area contributed by atoms with Crippen molar-refractivity contribution in [2.24, 2.45) is 5.92 Å². The third kappa shape index (κ3) is 2.12. The average molecular weight is 271 g/mol. The zero-order valence-electron chi connectivity index (χ0n) is 10.9. The third-order valence-electron chi connectivity index (χ3n) is 4.01. The fraction of sp³-hybridized carbons (Fsp3) is 0.769. The summed E-state index contributed by atoms with van der Waals surface area (Å²) in [7, 11) is 0. The third-order valence-corrected chi connectivity index (χ3v) is 4.36. The van der Waals surface area contributed by atoms with Gasteiger partial charge in [0.2, 0.25) is 0 Å². The molecule has 4 nitrogen and oxygen atoms in total. The van der Waals surface area contributed by atoms with Crippen molar-refractivity contribution >= 4 is 11.6 Å². The first kappa shape index (κ1) is 12.3. The Morgan fingerprint density at radius 3 is 2.61 bits per heavy atom. The Balaban J connectivity index is 1.73. The van der Waals surface area contributed by atoms with Gasteiger partial charge in [-0.3, -0.25) is 4.90 Å². The largest absolute Gasteiger partial charge is 0.469 e. The summed E-state index contributed by atoms with van der Waals surface area (Å²) in [4.78, 5) is 2.45. The summed E-state index contributed by atoms with van der Waals surface area (Å²) in [5.74, 6) is 2.06. The smallest absolute Gasteiger partial charge is 0.273 e. The lowest BCUT2D eigenvalue weighted by atomic mass is 9.86. The molecule has 18 heavy (non-hydrogen) atoms. The molecule has 1 aromatic rings. The van der Waals surface area contributed by atoms with Gasteiger partial charge in [0.05, 0.1) is 0 Å². The van der Waals surface area contributed by atoms with Crippen molar-refractivity contribution in [2.75, 3.05) is 19.6 Å². The van der Waals surface area contributed by atoms with Crippen molar-refractivity contribution in [1.29, 1.82) is 0 Å². The SMILES string of the molecule is CC(C)c1onc(OC2CN3CCC2CC3)c1Cl. The number of nitrogens with zero attached hydrogens (tertiary/aromatic N) is 2. The highest BCUT2D eigenvalue weighted by Gasteiger charge is 2.36. The molecule has 3 fully saturated rings. The standard InChI is InChI=1S/C13H19ClN2O2/c1-8(2)12-11(14)13(15-18-12)17-10-7-16-5-3-9(10)4-6-16/h8-10H,3-7H2,1-2H3. The van der Waals surface area contributed by atoms with Crippen LogP contribution in [0.15, 0.2) is 4.52 Å². The number of piperidine rings is 3. The fourth-order valence-electron chi connectivity index (χ4n) is 2.90. The van der Waals surface area contributed by atoms with Crippen molar-refractivity contribution in [3.63, 3.8) is 0 Å². The Hall–Kier alpha value is -0.740. The van der Waals surface area contributed by atoms with Crippen LogP contribution in [0.5, 0.6) is 5.88 Å². The van der Waals surface area contributed by atoms with Crippen molar-refractivity contribution in [1.82, 2.24) is 10.1 Å². The molecule has 5 heteroatoms. The van der Waals surface area contributed by atoms with Gasteiger partial charge in [-0.2, -0.15) is 0 Å². The van der Waals surface area contributed by atoms with Gasteiger partial charge in [0.15, 0.2) is 5.76 Å². The van der Waals surface area contributed by atoms with Crippen LogP contribution in [0.2, 0.25) is 5.02 Å². The summed E-state index contributed by atoms with van der Waals surface area (Å²) in [6, 6.07) is 0. The Labute approximate surface area is 112 Å². The van der Waals surface area contributed by atoms with Crippen LogP contribution in [0.4, 0.5) is 0 Å². The summed E-state index contributed by atoms with van der Waals surface area (Å²) in [5, 5.41) is 4.51. The minimum absolute atomic E-state index is 0.218. The number of hydrogen-bond acceptors (Lipinski definition) is 4. The lowest BCUT2D eigenvalue weighted by molar-refractivity contribution is -0.0113. The van der Waals surface area contributed by atoms with Crippen molar-refractivity contribution in [3.8, 4) is 5.88 Å². The molecule has 4 heterocycles. The molecule has 0 radical (unpaired) electrons. The molecule has 0 aliphatic carbocycles. The minimum atomic E-state index is 0.218. The fourth-order valence-corrected chi connectivity index (χ4v) is 3.23. The van der Waals surface area contributed by atoms with Crippen molar-refractivity contribution in [2.45, 2.75) is 38.7 Å². The second-order valence-corrected chi connectivity index (χ2v) is 5.99. The first-order chi connectivity index (χ1) is 8.65. The van der Waals surface area contributed by atoms with Gasteiger partial charge in [-0.25, -0.2) is 0 Å². The molecular formula is C13H19ClN2O2. The van der Waals surface area contributed by atoms with Crippen LogP contribution in [0, 0.1) is 5.92 Å². The number of rotatable bonds is 3. The number of hydrogen-bond donors (Lipinski definition) is 0. The monoisotopic (exact) mass is 270 g/mol. The molecule has 1 aromatic heterocycles. The Morgan fingerprint density at radius 2 is 2.11 bits per heavy atom. The molecule has 2 bridgehead atoms. The zero-order valence-corrected chi connectivity index (χ0v) is 11.6. The molecule has 3 saturated heterocycles. The Bertz CT molecular complexity index is 425. The molecule has 100 valence electrons. The second-order valence-electron chi connectivity index (χ2n) is 5.62. The molecule has 3 aliphatic heterocycles. The molecule has 1 unspecified atom stereocenters. The molecule has 0 spiro atoms. The molecule has 0 amide bonds. The van der Waals surface area contributed by atoms with Crippen LogP contribution in [-0.2, 0) is 0 Å². The molecule has 0 N–H and O–H groups in total. The van der Waals surface area contributed by atoms with E-state index in [4.69, 9.17) is 20.9 Å². The second kappa shape index (κ2) is 4.74. The summed E-state index contributed by atoms with van der Waals surface area (Å²) in [5.41, 5.74) is 0. The van der Waals surface area contributed by atoms with Crippen LogP contribution >= 0.6 is 11.6 Å². The maximum atomic E-state index is 6.25. The number of aromatic nitrogens is 1. The van der Waals surface area contributed by atoms with Crippen LogP contribution in [0.25, 0.3) is 0 Å². The number of ether oxygens (including phenoxy) is 1. The topological polar surface area (TPSA) is 38.5 Å². The van der Waals surface area contributed by atoms with E-state index in [1.54, 1.807) is 0 Å². The first-order valence-corrected chi connectivity index (χ1v) is 7.07. The van der Waals surface area contributed by atoms with Crippen molar-refractivity contribution in [3.05, 3.63) is 10.8 Å². The van der Waals surface area contributed by atoms with E-state index in [1.807, 2.05) is 13.8 Å². The van der Waals surface area contributed by atoms with E-state index < -0.39 is 0 Å². The quantitative estimate of drug-likeness (QED) is 0.847. The van der Waals surface area contributed by atoms with E-state index in [2.05, 4.69) is 10.1 Å². The highest BCUT2D eigenvalue weighted by Crippen LogP contribution is 2.36. The summed E-state index contributed by atoms with van der Waals surface area (Å²) in [6.07, 6.45) is 2.66. The Kier molecular flexibility index (Phi) is 3.24. The van der Waals surface area contributed by atoms with Crippen LogP contribution < -0.4 is 4.74 Å². The van der Waals surface area contributed by atoms with Crippen LogP contribution in [0.1, 0.15) is 38.4 Å². The maximum absolute atomic E-state index is 6.25. The lowest BCUT2D eigenvalue weighted by Crippen LogP contribution is -2.52. The molecule has 1 atom stereocenters. The minimum Gasteiger partial charge on any atom is -0.469 e. The van der Waals surface area contributed by atoms with Gasteiger partial charge in [0.25, 0.3) is 5.88 Å². The van der Waals surface area contributed by atoms with Crippen molar-refractivity contribution < 1.29 is 9.26 Å². The van der Waals surface area contributed by atoms with Crippen LogP contribution in [0.3, 0.4) is 0 Å². The average Bonchev–Trinajstić information content (AvgIpc) is 2.73. The molecular weight excluding hydrogens is 252 g/mol. The highest BCUT2D eigenvalue weighted by molar-refractivity contribution is 6.32. The van der Waals surface area contributed by atoms with E-state index in [-0.39, 0.29) is 12.0 Å². The van der Waals surface area contributed by atoms with Gasteiger partial charge in [-0.05, 0) is 37.0 Å². The van der Waals surface area contributed by atoms with Gasteiger partial charge in [0, 0.05) is 12.5 Å². The lowest BCUT2D eigenvalue weighted by Gasteiger charge is -2.43. The maximum Gasteiger partial charge on any atom is 0.273 e. The van der Waals surface area contributed by atoms with E-state index in [0.29, 0.717) is 22.6 Å². The summed E-state index contributed by atoms with van der Waals surface area (Å²) >= 11 is 6.25. The summed E-state index contributed by atoms with van der Waals surface area (Å²) in [6.45, 7) is 7.46. The first-order valence-electron chi connectivity index (χ1n) is 6.69. The van der Waals surface area contributed by atoms with Crippen LogP contribution in [-0.4, -0.2) is 35.8 Å². The van der Waals surface area contributed by atoms with Gasteiger partial charge >= 0.3 is 0 Å². The molecule has 0 saturated carbocycles. The van der Waals surface area contributed by atoms with Gasteiger partial charge < -0.3 is 9.26 Å². The van der Waals surface area contributed by atoms with E-state index in [9.17, 15) is 0 Å². The predicted molar refractivity (Wildman–Crippen MR) is 69.2 cm³/mol. The predicted octanol–water partition coefficient (Wildman–Crippen LogP) is 2.92. The van der Waals surface area contributed by atoms with Gasteiger partial charge in [-0.1, -0.05) is 25.4 Å². The van der Waals surface area contributed by atoms with E-state index in [0.717, 1.165) is 6.54 Å². The molecule has 4 rings (SSSR count). The van der Waals surface area contributed by atoms with E-state index >= 15 is 0 Å². The summed E-state index contributed by atoms with van der Waals surface area (Å²) < 4.78 is 11.2. The Morgan fingerprint density at radius 1 is 1.39 bits per heavy atom.